The normalized spacial score (nSPS) is 12.5. The van der Waals surface area contributed by atoms with Crippen molar-refractivity contribution in [3.05, 3.63) is 24.3 Å². The van der Waals surface area contributed by atoms with Gasteiger partial charge < -0.3 is 10.5 Å². The van der Waals surface area contributed by atoms with Crippen LogP contribution in [-0.2, 0) is 0 Å². The van der Waals surface area contributed by atoms with Crippen LogP contribution in [0.1, 0.15) is 13.3 Å². The van der Waals surface area contributed by atoms with E-state index in [4.69, 9.17) is 10.5 Å². The Morgan fingerprint density at radius 2 is 2.38 bits per heavy atom. The van der Waals surface area contributed by atoms with E-state index in [-0.39, 0.29) is 6.04 Å². The topological polar surface area (TPSA) is 48.1 Å². The quantitative estimate of drug-likeness (QED) is 0.718. The van der Waals surface area contributed by atoms with Crippen LogP contribution >= 0.6 is 0 Å². The molecule has 1 heterocycles. The number of hydrogen-bond donors (Lipinski definition) is 1. The van der Waals surface area contributed by atoms with E-state index in [9.17, 15) is 4.39 Å². The molecular weight excluding hydrogens is 171 g/mol. The van der Waals surface area contributed by atoms with Gasteiger partial charge in [0.2, 0.25) is 5.95 Å². The average Bonchev–Trinajstić information content (AvgIpc) is 2.16. The lowest BCUT2D eigenvalue weighted by molar-refractivity contribution is 0.283. The van der Waals surface area contributed by atoms with Crippen molar-refractivity contribution in [1.29, 1.82) is 0 Å². The Labute approximate surface area is 76.7 Å². The standard InChI is InChI=1S/C9H13FN2O/c1-2-7(11)6-13-8-3-4-9(10)12-5-8/h3-5,7H,2,6,11H2,1H3/t7-/m0/s1. The average molecular weight is 184 g/mol. The van der Waals surface area contributed by atoms with Gasteiger partial charge in [-0.2, -0.15) is 4.39 Å². The van der Waals surface area contributed by atoms with Gasteiger partial charge in [0.15, 0.2) is 0 Å². The van der Waals surface area contributed by atoms with Gasteiger partial charge >= 0.3 is 0 Å². The largest absolute Gasteiger partial charge is 0.490 e. The summed E-state index contributed by atoms with van der Waals surface area (Å²) in [5, 5.41) is 0. The van der Waals surface area contributed by atoms with E-state index in [1.54, 1.807) is 0 Å². The van der Waals surface area contributed by atoms with Crippen LogP contribution in [0.25, 0.3) is 0 Å². The highest BCUT2D eigenvalue weighted by Gasteiger charge is 2.00. The number of hydrogen-bond acceptors (Lipinski definition) is 3. The van der Waals surface area contributed by atoms with Crippen LogP contribution in [0.4, 0.5) is 4.39 Å². The number of halogens is 1. The molecule has 0 fully saturated rings. The fourth-order valence-corrected chi connectivity index (χ4v) is 0.769. The number of rotatable bonds is 4. The van der Waals surface area contributed by atoms with Crippen LogP contribution in [-0.4, -0.2) is 17.6 Å². The highest BCUT2D eigenvalue weighted by molar-refractivity contribution is 5.16. The smallest absolute Gasteiger partial charge is 0.213 e. The zero-order valence-electron chi connectivity index (χ0n) is 7.53. The zero-order valence-corrected chi connectivity index (χ0v) is 7.53. The van der Waals surface area contributed by atoms with Gasteiger partial charge in [-0.1, -0.05) is 6.92 Å². The van der Waals surface area contributed by atoms with Crippen molar-refractivity contribution < 1.29 is 9.13 Å². The molecule has 72 valence electrons. The molecular formula is C9H13FN2O. The van der Waals surface area contributed by atoms with Gasteiger partial charge in [0.1, 0.15) is 12.4 Å². The van der Waals surface area contributed by atoms with E-state index in [0.29, 0.717) is 12.4 Å². The van der Waals surface area contributed by atoms with Gasteiger partial charge in [-0.05, 0) is 18.6 Å². The van der Waals surface area contributed by atoms with Gasteiger partial charge in [-0.3, -0.25) is 0 Å². The van der Waals surface area contributed by atoms with Crippen molar-refractivity contribution in [3.63, 3.8) is 0 Å². The first-order valence-electron chi connectivity index (χ1n) is 4.22. The number of pyridine rings is 1. The lowest BCUT2D eigenvalue weighted by Gasteiger charge is -2.10. The molecule has 0 saturated heterocycles. The second-order valence-electron chi connectivity index (χ2n) is 2.80. The Kier molecular flexibility index (Phi) is 3.64. The molecule has 1 atom stereocenters. The third kappa shape index (κ3) is 3.38. The molecule has 0 bridgehead atoms. The van der Waals surface area contributed by atoms with E-state index in [2.05, 4.69) is 4.98 Å². The fraction of sp³-hybridized carbons (Fsp3) is 0.444. The maximum atomic E-state index is 12.4. The Balaban J connectivity index is 2.41. The molecule has 1 aromatic heterocycles. The molecule has 3 nitrogen and oxygen atoms in total. The molecule has 0 radical (unpaired) electrons. The molecule has 1 aromatic rings. The molecule has 0 saturated carbocycles. The van der Waals surface area contributed by atoms with Crippen molar-refractivity contribution in [1.82, 2.24) is 4.98 Å². The minimum absolute atomic E-state index is 0.0186. The van der Waals surface area contributed by atoms with Crippen LogP contribution < -0.4 is 10.5 Å². The summed E-state index contributed by atoms with van der Waals surface area (Å²) in [5.41, 5.74) is 5.63. The van der Waals surface area contributed by atoms with Crippen molar-refractivity contribution in [2.24, 2.45) is 5.73 Å². The Morgan fingerprint density at radius 1 is 1.62 bits per heavy atom. The summed E-state index contributed by atoms with van der Waals surface area (Å²) in [4.78, 5) is 3.45. The minimum atomic E-state index is -0.507. The summed E-state index contributed by atoms with van der Waals surface area (Å²) < 4.78 is 17.6. The van der Waals surface area contributed by atoms with Gasteiger partial charge in [0, 0.05) is 6.04 Å². The summed E-state index contributed by atoms with van der Waals surface area (Å²) in [7, 11) is 0. The van der Waals surface area contributed by atoms with Crippen molar-refractivity contribution >= 4 is 0 Å². The van der Waals surface area contributed by atoms with Gasteiger partial charge in [0.25, 0.3) is 0 Å². The lowest BCUT2D eigenvalue weighted by Crippen LogP contribution is -2.26. The van der Waals surface area contributed by atoms with E-state index < -0.39 is 5.95 Å². The maximum absolute atomic E-state index is 12.4. The van der Waals surface area contributed by atoms with E-state index in [1.807, 2.05) is 6.92 Å². The first-order valence-corrected chi connectivity index (χ1v) is 4.22. The molecule has 0 unspecified atom stereocenters. The van der Waals surface area contributed by atoms with E-state index in [1.165, 1.54) is 18.3 Å². The van der Waals surface area contributed by atoms with Crippen molar-refractivity contribution in [3.8, 4) is 5.75 Å². The predicted molar refractivity (Wildman–Crippen MR) is 48.0 cm³/mol. The molecule has 2 N–H and O–H groups in total. The molecule has 0 aliphatic carbocycles. The Hall–Kier alpha value is -1.16. The lowest BCUT2D eigenvalue weighted by atomic mass is 10.3. The molecule has 0 aromatic carbocycles. The minimum Gasteiger partial charge on any atom is -0.490 e. The first-order chi connectivity index (χ1) is 6.22. The number of nitrogens with zero attached hydrogens (tertiary/aromatic N) is 1. The number of nitrogens with two attached hydrogens (primary N) is 1. The second kappa shape index (κ2) is 4.77. The van der Waals surface area contributed by atoms with Gasteiger partial charge in [0.05, 0.1) is 6.20 Å². The van der Waals surface area contributed by atoms with Crippen LogP contribution in [0.3, 0.4) is 0 Å². The molecule has 0 aliphatic heterocycles. The third-order valence-electron chi connectivity index (χ3n) is 1.69. The molecule has 4 heteroatoms. The highest BCUT2D eigenvalue weighted by atomic mass is 19.1. The summed E-state index contributed by atoms with van der Waals surface area (Å²) in [6, 6.07) is 2.81. The Bertz CT molecular complexity index is 250. The van der Waals surface area contributed by atoms with Crippen LogP contribution in [0.2, 0.25) is 0 Å². The predicted octanol–water partition coefficient (Wildman–Crippen LogP) is 1.34. The number of aromatic nitrogens is 1. The van der Waals surface area contributed by atoms with Crippen LogP contribution in [0.5, 0.6) is 5.75 Å². The number of ether oxygens (including phenoxy) is 1. The molecule has 13 heavy (non-hydrogen) atoms. The van der Waals surface area contributed by atoms with Crippen molar-refractivity contribution in [2.45, 2.75) is 19.4 Å². The van der Waals surface area contributed by atoms with Crippen LogP contribution in [0, 0.1) is 5.95 Å². The summed E-state index contributed by atoms with van der Waals surface area (Å²) in [5.74, 6) is 0.0393. The SMILES string of the molecule is CC[C@H](N)COc1ccc(F)nc1. The zero-order chi connectivity index (χ0) is 9.68. The maximum Gasteiger partial charge on any atom is 0.213 e. The fourth-order valence-electron chi connectivity index (χ4n) is 0.769. The molecule has 0 spiro atoms. The first kappa shape index (κ1) is 9.92. The molecule has 1 rings (SSSR count). The molecule has 0 amide bonds. The Morgan fingerprint density at radius 3 is 2.92 bits per heavy atom. The molecule has 0 aliphatic rings. The van der Waals surface area contributed by atoms with Crippen LogP contribution in [0.15, 0.2) is 18.3 Å². The monoisotopic (exact) mass is 184 g/mol. The summed E-state index contributed by atoms with van der Waals surface area (Å²) in [6.07, 6.45) is 2.20. The second-order valence-corrected chi connectivity index (χ2v) is 2.80. The van der Waals surface area contributed by atoms with Crippen molar-refractivity contribution in [2.75, 3.05) is 6.61 Å². The summed E-state index contributed by atoms with van der Waals surface area (Å²) in [6.45, 7) is 2.42. The third-order valence-corrected chi connectivity index (χ3v) is 1.69. The van der Waals surface area contributed by atoms with E-state index in [0.717, 1.165) is 6.42 Å². The highest BCUT2D eigenvalue weighted by Crippen LogP contribution is 2.08. The summed E-state index contributed by atoms with van der Waals surface area (Å²) >= 11 is 0. The van der Waals surface area contributed by atoms with E-state index >= 15 is 0 Å². The van der Waals surface area contributed by atoms with Gasteiger partial charge in [-0.25, -0.2) is 4.98 Å². The van der Waals surface area contributed by atoms with Gasteiger partial charge in [-0.15, -0.1) is 0 Å².